The van der Waals surface area contributed by atoms with Gasteiger partial charge in [0.25, 0.3) is 0 Å². The summed E-state index contributed by atoms with van der Waals surface area (Å²) < 4.78 is 58.1. The van der Waals surface area contributed by atoms with E-state index in [1.54, 1.807) is 37.4 Å². The molecule has 0 amide bonds. The molecule has 0 saturated heterocycles. The first-order valence-electron chi connectivity index (χ1n) is 9.85. The molecule has 34 heavy (non-hydrogen) atoms. The van der Waals surface area contributed by atoms with Crippen molar-refractivity contribution in [2.45, 2.75) is 4.90 Å². The van der Waals surface area contributed by atoms with E-state index in [1.807, 2.05) is 0 Å². The average Bonchev–Trinajstić information content (AvgIpc) is 3.26. The Kier molecular flexibility index (Phi) is 6.82. The Morgan fingerprint density at radius 1 is 1.06 bits per heavy atom. The Labute approximate surface area is 199 Å². The molecule has 2 heterocycles. The number of benzene rings is 2. The van der Waals surface area contributed by atoms with Crippen LogP contribution < -0.4 is 18.9 Å². The van der Waals surface area contributed by atoms with E-state index in [-0.39, 0.29) is 28.9 Å². The molecule has 0 spiro atoms. The SMILES string of the molecule is COc1ccc(OC)c(-c2nnc3ccc(OCCNS(=O)(=O)c4ccc(F)c(Cl)c4)nn23)c1. The van der Waals surface area contributed by atoms with Crippen LogP contribution in [0.4, 0.5) is 4.39 Å². The van der Waals surface area contributed by atoms with Crippen molar-refractivity contribution in [2.24, 2.45) is 0 Å². The second kappa shape index (κ2) is 9.79. The molecule has 0 aliphatic carbocycles. The number of fused-ring (bicyclic) bond motifs is 1. The topological polar surface area (TPSA) is 117 Å². The first kappa shape index (κ1) is 23.7. The van der Waals surface area contributed by atoms with Gasteiger partial charge in [0, 0.05) is 12.6 Å². The molecule has 10 nitrogen and oxygen atoms in total. The lowest BCUT2D eigenvalue weighted by atomic mass is 10.2. The molecule has 0 saturated carbocycles. The molecule has 4 aromatic rings. The molecule has 13 heteroatoms. The van der Waals surface area contributed by atoms with Crippen LogP contribution in [0.5, 0.6) is 17.4 Å². The van der Waals surface area contributed by atoms with Gasteiger partial charge >= 0.3 is 0 Å². The maximum absolute atomic E-state index is 13.3. The van der Waals surface area contributed by atoms with Gasteiger partial charge in [-0.1, -0.05) is 11.6 Å². The highest BCUT2D eigenvalue weighted by Crippen LogP contribution is 2.32. The summed E-state index contributed by atoms with van der Waals surface area (Å²) in [5, 5.41) is 12.4. The zero-order valence-corrected chi connectivity index (χ0v) is 19.6. The first-order valence-corrected chi connectivity index (χ1v) is 11.7. The van der Waals surface area contributed by atoms with E-state index in [2.05, 4.69) is 20.0 Å². The standard InChI is InChI=1S/C21H19ClFN5O5S/c1-31-13-3-6-18(32-2)15(11-13)21-26-25-19-7-8-20(27-28(19)21)33-10-9-24-34(29,30)14-4-5-17(23)16(22)12-14/h3-8,11-12,24H,9-10H2,1-2H3. The van der Waals surface area contributed by atoms with Gasteiger partial charge in [-0.2, -0.15) is 4.52 Å². The molecule has 0 bridgehead atoms. The van der Waals surface area contributed by atoms with Gasteiger partial charge in [0.05, 0.1) is 29.7 Å². The van der Waals surface area contributed by atoms with Crippen LogP contribution in [0.1, 0.15) is 0 Å². The van der Waals surface area contributed by atoms with Crippen molar-refractivity contribution >= 4 is 27.3 Å². The minimum atomic E-state index is -3.89. The summed E-state index contributed by atoms with van der Waals surface area (Å²) in [6.07, 6.45) is 0. The Hall–Kier alpha value is -3.48. The number of rotatable bonds is 9. The highest BCUT2D eigenvalue weighted by Gasteiger charge is 2.17. The van der Waals surface area contributed by atoms with Gasteiger partial charge in [-0.05, 0) is 42.5 Å². The van der Waals surface area contributed by atoms with Crippen molar-refractivity contribution in [2.75, 3.05) is 27.4 Å². The summed E-state index contributed by atoms with van der Waals surface area (Å²) >= 11 is 5.66. The second-order valence-corrected chi connectivity index (χ2v) is 9.03. The number of sulfonamides is 1. The lowest BCUT2D eigenvalue weighted by molar-refractivity contribution is 0.306. The van der Waals surface area contributed by atoms with Crippen LogP contribution in [0.3, 0.4) is 0 Å². The van der Waals surface area contributed by atoms with Gasteiger partial charge in [-0.25, -0.2) is 17.5 Å². The van der Waals surface area contributed by atoms with Gasteiger partial charge in [0.2, 0.25) is 15.9 Å². The van der Waals surface area contributed by atoms with Crippen LogP contribution in [-0.4, -0.2) is 55.6 Å². The van der Waals surface area contributed by atoms with Crippen LogP contribution >= 0.6 is 11.6 Å². The molecule has 0 aliphatic rings. The van der Waals surface area contributed by atoms with Gasteiger partial charge in [-0.15, -0.1) is 15.3 Å². The predicted octanol–water partition coefficient (Wildman–Crippen LogP) is 2.96. The molecular weight excluding hydrogens is 489 g/mol. The highest BCUT2D eigenvalue weighted by atomic mass is 35.5. The van der Waals surface area contributed by atoms with E-state index in [1.165, 1.54) is 11.6 Å². The van der Waals surface area contributed by atoms with Crippen LogP contribution in [0.2, 0.25) is 5.02 Å². The van der Waals surface area contributed by atoms with Crippen molar-refractivity contribution in [3.05, 3.63) is 59.4 Å². The third kappa shape index (κ3) is 4.88. The van der Waals surface area contributed by atoms with Gasteiger partial charge in [0.1, 0.15) is 23.9 Å². The fourth-order valence-electron chi connectivity index (χ4n) is 3.06. The molecule has 1 N–H and O–H groups in total. The quantitative estimate of drug-likeness (QED) is 0.344. The van der Waals surface area contributed by atoms with E-state index in [9.17, 15) is 12.8 Å². The molecule has 0 unspecified atom stereocenters. The minimum absolute atomic E-state index is 0.0212. The van der Waals surface area contributed by atoms with Crippen molar-refractivity contribution in [1.82, 2.24) is 24.5 Å². The molecular formula is C21H19ClFN5O5S. The largest absolute Gasteiger partial charge is 0.497 e. The Balaban J connectivity index is 1.48. The molecule has 0 fully saturated rings. The van der Waals surface area contributed by atoms with Crippen molar-refractivity contribution in [3.63, 3.8) is 0 Å². The molecule has 178 valence electrons. The van der Waals surface area contributed by atoms with E-state index in [4.69, 9.17) is 25.8 Å². The van der Waals surface area contributed by atoms with E-state index in [0.717, 1.165) is 18.2 Å². The molecule has 4 rings (SSSR count). The molecule has 2 aromatic carbocycles. The van der Waals surface area contributed by atoms with Crippen LogP contribution in [0.25, 0.3) is 17.0 Å². The summed E-state index contributed by atoms with van der Waals surface area (Å²) in [7, 11) is -0.798. The average molecular weight is 508 g/mol. The van der Waals surface area contributed by atoms with Crippen LogP contribution in [-0.2, 0) is 10.0 Å². The third-order valence-electron chi connectivity index (χ3n) is 4.73. The highest BCUT2D eigenvalue weighted by molar-refractivity contribution is 7.89. The van der Waals surface area contributed by atoms with E-state index >= 15 is 0 Å². The second-order valence-electron chi connectivity index (χ2n) is 6.85. The Morgan fingerprint density at radius 3 is 2.62 bits per heavy atom. The number of hydrogen-bond acceptors (Lipinski definition) is 8. The van der Waals surface area contributed by atoms with Gasteiger partial charge in [0.15, 0.2) is 11.5 Å². The summed E-state index contributed by atoms with van der Waals surface area (Å²) in [5.74, 6) is 1.09. The number of aromatic nitrogens is 4. The summed E-state index contributed by atoms with van der Waals surface area (Å²) in [6.45, 7) is -0.0810. The normalized spacial score (nSPS) is 11.5. The maximum Gasteiger partial charge on any atom is 0.240 e. The third-order valence-corrected chi connectivity index (χ3v) is 6.48. The number of nitrogens with one attached hydrogen (secondary N) is 1. The van der Waals surface area contributed by atoms with Crippen molar-refractivity contribution in [1.29, 1.82) is 0 Å². The van der Waals surface area contributed by atoms with E-state index in [0.29, 0.717) is 28.5 Å². The maximum atomic E-state index is 13.3. The lowest BCUT2D eigenvalue weighted by Crippen LogP contribution is -2.28. The van der Waals surface area contributed by atoms with Gasteiger partial charge in [-0.3, -0.25) is 0 Å². The summed E-state index contributed by atoms with van der Waals surface area (Å²) in [4.78, 5) is -0.153. The first-order chi connectivity index (χ1) is 16.3. The molecule has 0 atom stereocenters. The lowest BCUT2D eigenvalue weighted by Gasteiger charge is -2.10. The Morgan fingerprint density at radius 2 is 1.88 bits per heavy atom. The number of ether oxygens (including phenoxy) is 3. The van der Waals surface area contributed by atoms with E-state index < -0.39 is 15.8 Å². The fraction of sp³-hybridized carbons (Fsp3) is 0.190. The van der Waals surface area contributed by atoms with Crippen LogP contribution in [0, 0.1) is 5.82 Å². The zero-order chi connectivity index (χ0) is 24.3. The number of halogens is 2. The monoisotopic (exact) mass is 507 g/mol. The smallest absolute Gasteiger partial charge is 0.240 e. The van der Waals surface area contributed by atoms with Crippen LogP contribution in [0.15, 0.2) is 53.4 Å². The zero-order valence-electron chi connectivity index (χ0n) is 18.0. The predicted molar refractivity (Wildman–Crippen MR) is 121 cm³/mol. The van der Waals surface area contributed by atoms with Crippen molar-refractivity contribution < 1.29 is 27.0 Å². The fourth-order valence-corrected chi connectivity index (χ4v) is 4.35. The Bertz CT molecular complexity index is 1450. The minimum Gasteiger partial charge on any atom is -0.497 e. The van der Waals surface area contributed by atoms with Gasteiger partial charge < -0.3 is 14.2 Å². The number of nitrogens with zero attached hydrogens (tertiary/aromatic N) is 4. The molecule has 0 aliphatic heterocycles. The molecule has 2 aromatic heterocycles. The number of hydrogen-bond donors (Lipinski definition) is 1. The summed E-state index contributed by atoms with van der Waals surface area (Å²) in [5.41, 5.74) is 1.09. The summed E-state index contributed by atoms with van der Waals surface area (Å²) in [6, 6.07) is 11.7. The van der Waals surface area contributed by atoms with Crippen molar-refractivity contribution in [3.8, 4) is 28.8 Å². The molecule has 0 radical (unpaired) electrons. The number of methoxy groups -OCH3 is 2.